The summed E-state index contributed by atoms with van der Waals surface area (Å²) in [6, 6.07) is 0. The zero-order valence-corrected chi connectivity index (χ0v) is 8.26. The van der Waals surface area contributed by atoms with Crippen LogP contribution < -0.4 is 16.5 Å². The summed E-state index contributed by atoms with van der Waals surface area (Å²) in [4.78, 5) is 23.3. The van der Waals surface area contributed by atoms with E-state index in [0.29, 0.717) is 12.8 Å². The molecule has 6 heteroatoms. The Kier molecular flexibility index (Phi) is 2.73. The topological polar surface area (TPSA) is 96.6 Å². The summed E-state index contributed by atoms with van der Waals surface area (Å²) in [6.45, 7) is 3.60. The molecule has 14 heavy (non-hydrogen) atoms. The predicted molar refractivity (Wildman–Crippen MR) is 50.9 cm³/mol. The van der Waals surface area contributed by atoms with Gasteiger partial charge in [0, 0.05) is 0 Å². The molecule has 1 fully saturated rings. The lowest BCUT2D eigenvalue weighted by Crippen LogP contribution is -2.62. The maximum absolute atomic E-state index is 11.6. The van der Waals surface area contributed by atoms with Gasteiger partial charge in [0.05, 0.1) is 0 Å². The number of amides is 2. The molecular formula is C8H14N4O2. The summed E-state index contributed by atoms with van der Waals surface area (Å²) < 4.78 is 0. The van der Waals surface area contributed by atoms with Crippen LogP contribution in [0.3, 0.4) is 0 Å². The number of carbonyl (C=O) groups excluding carboxylic acids is 2. The number of nitrogens with two attached hydrogens (primary N) is 1. The number of guanidine groups is 1. The Morgan fingerprint density at radius 3 is 1.93 bits per heavy atom. The molecule has 0 atom stereocenters. The molecule has 0 radical (unpaired) electrons. The number of hydrogen-bond acceptors (Lipinski definition) is 4. The average Bonchev–Trinajstić information content (AvgIpc) is 2.18. The maximum atomic E-state index is 11.6. The Labute approximate surface area is 81.9 Å². The molecule has 0 aromatic rings. The molecule has 1 saturated heterocycles. The van der Waals surface area contributed by atoms with Crippen molar-refractivity contribution in [2.45, 2.75) is 26.7 Å². The molecule has 0 unspecified atom stereocenters. The first-order valence-electron chi connectivity index (χ1n) is 4.51. The molecule has 0 bridgehead atoms. The summed E-state index contributed by atoms with van der Waals surface area (Å²) in [5.41, 5.74) is -0.978. The molecule has 2 amide bonds. The monoisotopic (exact) mass is 198 g/mol. The van der Waals surface area contributed by atoms with Gasteiger partial charge >= 0.3 is 0 Å². The van der Waals surface area contributed by atoms with Crippen LogP contribution in [0.5, 0.6) is 0 Å². The van der Waals surface area contributed by atoms with Crippen molar-refractivity contribution in [3.05, 3.63) is 0 Å². The molecular weight excluding hydrogens is 184 g/mol. The fourth-order valence-corrected chi connectivity index (χ4v) is 1.55. The van der Waals surface area contributed by atoms with Gasteiger partial charge in [-0.2, -0.15) is 0 Å². The molecule has 0 spiro atoms. The van der Waals surface area contributed by atoms with Gasteiger partial charge in [0.2, 0.25) is 17.8 Å². The van der Waals surface area contributed by atoms with Crippen molar-refractivity contribution < 1.29 is 9.59 Å². The van der Waals surface area contributed by atoms with Gasteiger partial charge in [-0.3, -0.25) is 20.2 Å². The lowest BCUT2D eigenvalue weighted by molar-refractivity contribution is -0.144. The minimum atomic E-state index is -0.978. The van der Waals surface area contributed by atoms with Gasteiger partial charge in [-0.05, 0) is 12.8 Å². The van der Waals surface area contributed by atoms with E-state index in [1.807, 2.05) is 0 Å². The molecule has 78 valence electrons. The molecule has 0 aliphatic carbocycles. The van der Waals surface area contributed by atoms with Gasteiger partial charge in [-0.25, -0.2) is 0 Å². The molecule has 1 aliphatic heterocycles. The van der Waals surface area contributed by atoms with Crippen LogP contribution in [0.25, 0.3) is 0 Å². The third-order valence-electron chi connectivity index (χ3n) is 2.67. The Balaban J connectivity index is 3.01. The Bertz CT molecular complexity index is 272. The maximum Gasteiger partial charge on any atom is 0.242 e. The van der Waals surface area contributed by atoms with Crippen molar-refractivity contribution in [1.29, 1.82) is 0 Å². The molecule has 0 saturated carbocycles. The zero-order chi connectivity index (χ0) is 10.8. The van der Waals surface area contributed by atoms with Crippen molar-refractivity contribution in [2.75, 3.05) is 0 Å². The highest BCUT2D eigenvalue weighted by Crippen LogP contribution is 2.28. The van der Waals surface area contributed by atoms with E-state index in [-0.39, 0.29) is 17.8 Å². The molecule has 6 nitrogen and oxygen atoms in total. The van der Waals surface area contributed by atoms with Crippen molar-refractivity contribution >= 4 is 17.8 Å². The Morgan fingerprint density at radius 1 is 1.21 bits per heavy atom. The lowest BCUT2D eigenvalue weighted by atomic mass is 9.79. The van der Waals surface area contributed by atoms with Crippen LogP contribution in [-0.2, 0) is 9.59 Å². The number of carbonyl (C=O) groups is 2. The summed E-state index contributed by atoms with van der Waals surface area (Å²) in [7, 11) is 0. The minimum Gasteiger partial charge on any atom is -0.320 e. The minimum absolute atomic E-state index is 0.0116. The van der Waals surface area contributed by atoms with Crippen LogP contribution in [-0.4, -0.2) is 17.8 Å². The van der Waals surface area contributed by atoms with E-state index < -0.39 is 5.41 Å². The average molecular weight is 198 g/mol. The second-order valence-electron chi connectivity index (χ2n) is 3.18. The SMILES string of the molecule is CCC1(CC)C(=O)NC(=NN)NC1=O. The Morgan fingerprint density at radius 2 is 1.64 bits per heavy atom. The highest BCUT2D eigenvalue weighted by Gasteiger charge is 2.46. The van der Waals surface area contributed by atoms with E-state index in [4.69, 9.17) is 5.84 Å². The van der Waals surface area contributed by atoms with Crippen LogP contribution in [0.1, 0.15) is 26.7 Å². The van der Waals surface area contributed by atoms with E-state index in [1.165, 1.54) is 0 Å². The van der Waals surface area contributed by atoms with E-state index in [1.54, 1.807) is 13.8 Å². The van der Waals surface area contributed by atoms with Gasteiger partial charge in [-0.1, -0.05) is 13.8 Å². The lowest BCUT2D eigenvalue weighted by Gasteiger charge is -2.33. The number of hydrazone groups is 1. The van der Waals surface area contributed by atoms with Crippen molar-refractivity contribution in [1.82, 2.24) is 10.6 Å². The summed E-state index contributed by atoms with van der Waals surface area (Å²) in [5, 5.41) is 8.12. The van der Waals surface area contributed by atoms with Crippen LogP contribution in [0, 0.1) is 5.41 Å². The van der Waals surface area contributed by atoms with Crippen molar-refractivity contribution in [2.24, 2.45) is 16.4 Å². The van der Waals surface area contributed by atoms with Gasteiger partial charge in [0.1, 0.15) is 5.41 Å². The molecule has 0 aromatic heterocycles. The second kappa shape index (κ2) is 3.65. The van der Waals surface area contributed by atoms with Crippen LogP contribution in [0.2, 0.25) is 0 Å². The van der Waals surface area contributed by atoms with Gasteiger partial charge in [0.25, 0.3) is 0 Å². The third-order valence-corrected chi connectivity index (χ3v) is 2.67. The van der Waals surface area contributed by atoms with E-state index in [9.17, 15) is 9.59 Å². The van der Waals surface area contributed by atoms with Gasteiger partial charge in [-0.15, -0.1) is 5.10 Å². The largest absolute Gasteiger partial charge is 0.320 e. The fourth-order valence-electron chi connectivity index (χ4n) is 1.55. The summed E-state index contributed by atoms with van der Waals surface area (Å²) >= 11 is 0. The van der Waals surface area contributed by atoms with Crippen molar-refractivity contribution in [3.8, 4) is 0 Å². The summed E-state index contributed by atoms with van der Waals surface area (Å²) in [5.74, 6) is 4.29. The molecule has 1 aliphatic rings. The Hall–Kier alpha value is -1.59. The van der Waals surface area contributed by atoms with Gasteiger partial charge in [0.15, 0.2) is 0 Å². The first kappa shape index (κ1) is 10.5. The van der Waals surface area contributed by atoms with E-state index in [2.05, 4.69) is 15.7 Å². The quantitative estimate of drug-likeness (QED) is 0.310. The molecule has 4 N–H and O–H groups in total. The molecule has 1 heterocycles. The third kappa shape index (κ3) is 1.32. The molecule has 0 aromatic carbocycles. The fraction of sp³-hybridized carbons (Fsp3) is 0.625. The summed E-state index contributed by atoms with van der Waals surface area (Å²) in [6.07, 6.45) is 0.915. The van der Waals surface area contributed by atoms with Crippen LogP contribution in [0.4, 0.5) is 0 Å². The first-order chi connectivity index (χ1) is 6.60. The first-order valence-corrected chi connectivity index (χ1v) is 4.51. The smallest absolute Gasteiger partial charge is 0.242 e. The number of rotatable bonds is 2. The van der Waals surface area contributed by atoms with Crippen molar-refractivity contribution in [3.63, 3.8) is 0 Å². The van der Waals surface area contributed by atoms with E-state index in [0.717, 1.165) is 0 Å². The van der Waals surface area contributed by atoms with Crippen LogP contribution >= 0.6 is 0 Å². The number of nitrogens with zero attached hydrogens (tertiary/aromatic N) is 1. The molecule has 1 rings (SSSR count). The standard InChI is InChI=1S/C8H14N4O2/c1-3-8(4-2)5(13)10-7(12-9)11-6(8)14/h3-4,9H2,1-2H3,(H2,10,11,12,13,14). The highest BCUT2D eigenvalue weighted by molar-refractivity contribution is 6.20. The zero-order valence-electron chi connectivity index (χ0n) is 8.26. The second-order valence-corrected chi connectivity index (χ2v) is 3.18. The van der Waals surface area contributed by atoms with Crippen LogP contribution in [0.15, 0.2) is 5.10 Å². The van der Waals surface area contributed by atoms with Gasteiger partial charge < -0.3 is 5.84 Å². The normalized spacial score (nSPS) is 20.0. The number of nitrogens with one attached hydrogen (secondary N) is 2. The van der Waals surface area contributed by atoms with E-state index >= 15 is 0 Å². The highest BCUT2D eigenvalue weighted by atomic mass is 16.2. The number of hydrogen-bond donors (Lipinski definition) is 3. The predicted octanol–water partition coefficient (Wildman–Crippen LogP) is -0.731.